The van der Waals surface area contributed by atoms with Crippen molar-refractivity contribution < 1.29 is 19.1 Å². The maximum atomic E-state index is 12.1. The Labute approximate surface area is 139 Å². The van der Waals surface area contributed by atoms with Gasteiger partial charge in [-0.05, 0) is 43.7 Å². The van der Waals surface area contributed by atoms with Crippen LogP contribution in [0.3, 0.4) is 0 Å². The fraction of sp³-hybridized carbons (Fsp3) is 0.562. The Kier molecular flexibility index (Phi) is 6.15. The van der Waals surface area contributed by atoms with E-state index in [2.05, 4.69) is 17.8 Å². The van der Waals surface area contributed by atoms with Crippen molar-refractivity contribution in [2.75, 3.05) is 6.61 Å². The highest BCUT2D eigenvalue weighted by molar-refractivity contribution is 7.14. The van der Waals surface area contributed by atoms with Crippen LogP contribution in [-0.2, 0) is 27.2 Å². The van der Waals surface area contributed by atoms with E-state index in [9.17, 15) is 14.4 Å². The molecule has 6 nitrogen and oxygen atoms in total. The highest BCUT2D eigenvalue weighted by atomic mass is 32.1. The van der Waals surface area contributed by atoms with E-state index in [0.29, 0.717) is 17.4 Å². The summed E-state index contributed by atoms with van der Waals surface area (Å²) in [7, 11) is 0. The predicted octanol–water partition coefficient (Wildman–Crippen LogP) is 1.98. The molecule has 1 aliphatic carbocycles. The number of carbonyl (C=O) groups excluding carboxylic acids is 3. The largest absolute Gasteiger partial charge is 0.466 e. The molecule has 0 bridgehead atoms. The second-order valence-electron chi connectivity index (χ2n) is 5.71. The van der Waals surface area contributed by atoms with Gasteiger partial charge in [0.2, 0.25) is 5.91 Å². The lowest BCUT2D eigenvalue weighted by Gasteiger charge is -2.16. The monoisotopic (exact) mass is 338 g/mol. The van der Waals surface area contributed by atoms with E-state index in [4.69, 9.17) is 4.74 Å². The first kappa shape index (κ1) is 17.5. The lowest BCUT2D eigenvalue weighted by atomic mass is 9.90. The Balaban J connectivity index is 1.79. The average Bonchev–Trinajstić information content (AvgIpc) is 2.94. The summed E-state index contributed by atoms with van der Waals surface area (Å²) < 4.78 is 4.74. The molecule has 0 saturated heterocycles. The molecule has 0 spiro atoms. The molecule has 7 heteroatoms. The van der Waals surface area contributed by atoms with E-state index in [1.165, 1.54) is 21.8 Å². The highest BCUT2D eigenvalue weighted by Crippen LogP contribution is 2.32. The Morgan fingerprint density at radius 1 is 1.30 bits per heavy atom. The first-order valence-electron chi connectivity index (χ1n) is 7.86. The maximum absolute atomic E-state index is 12.1. The quantitative estimate of drug-likeness (QED) is 0.635. The van der Waals surface area contributed by atoms with Crippen molar-refractivity contribution in [2.24, 2.45) is 5.92 Å². The van der Waals surface area contributed by atoms with Gasteiger partial charge in [0.15, 0.2) is 0 Å². The number of carbonyl (C=O) groups is 3. The van der Waals surface area contributed by atoms with Crippen molar-refractivity contribution in [3.05, 3.63) is 21.4 Å². The molecule has 0 aliphatic heterocycles. The van der Waals surface area contributed by atoms with Gasteiger partial charge in [-0.2, -0.15) is 0 Å². The zero-order valence-electron chi connectivity index (χ0n) is 13.4. The van der Waals surface area contributed by atoms with Crippen LogP contribution in [0.1, 0.15) is 53.2 Å². The van der Waals surface area contributed by atoms with E-state index in [-0.39, 0.29) is 18.7 Å². The van der Waals surface area contributed by atoms with Crippen molar-refractivity contribution in [2.45, 2.75) is 46.0 Å². The smallest absolute Gasteiger partial charge is 0.306 e. The topological polar surface area (TPSA) is 84.5 Å². The van der Waals surface area contributed by atoms with E-state index in [1.807, 2.05) is 6.07 Å². The molecule has 0 unspecified atom stereocenters. The molecule has 1 heterocycles. The molecule has 2 N–H and O–H groups in total. The summed E-state index contributed by atoms with van der Waals surface area (Å²) in [4.78, 5) is 36.7. The molecule has 126 valence electrons. The van der Waals surface area contributed by atoms with Crippen LogP contribution in [0.2, 0.25) is 0 Å². The summed E-state index contributed by atoms with van der Waals surface area (Å²) in [6.45, 7) is 4.21. The molecule has 0 radical (unpaired) electrons. The Morgan fingerprint density at radius 2 is 2.09 bits per heavy atom. The minimum absolute atomic E-state index is 0.000725. The number of nitrogens with one attached hydrogen (secondary N) is 2. The van der Waals surface area contributed by atoms with Crippen LogP contribution >= 0.6 is 11.3 Å². The van der Waals surface area contributed by atoms with Gasteiger partial charge in [-0.1, -0.05) is 6.92 Å². The second-order valence-corrected chi connectivity index (χ2v) is 6.85. The summed E-state index contributed by atoms with van der Waals surface area (Å²) >= 11 is 1.48. The van der Waals surface area contributed by atoms with Gasteiger partial charge in [0.05, 0.1) is 17.9 Å². The molecular formula is C16H22N2O4S. The number of fused-ring (bicyclic) bond motifs is 1. The van der Waals surface area contributed by atoms with Crippen molar-refractivity contribution >= 4 is 29.1 Å². The third kappa shape index (κ3) is 5.06. The molecule has 0 aromatic carbocycles. The van der Waals surface area contributed by atoms with Crippen molar-refractivity contribution in [3.8, 4) is 0 Å². The van der Waals surface area contributed by atoms with Crippen LogP contribution in [-0.4, -0.2) is 24.4 Å². The fourth-order valence-electron chi connectivity index (χ4n) is 2.52. The minimum atomic E-state index is -0.422. The number of hydrogen-bond donors (Lipinski definition) is 2. The van der Waals surface area contributed by atoms with Gasteiger partial charge in [0.1, 0.15) is 0 Å². The molecule has 2 rings (SSSR count). The van der Waals surface area contributed by atoms with Gasteiger partial charge in [-0.15, -0.1) is 11.3 Å². The van der Waals surface area contributed by atoms with Crippen molar-refractivity contribution in [3.63, 3.8) is 0 Å². The summed E-state index contributed by atoms with van der Waals surface area (Å²) in [5.74, 6) is -0.507. The van der Waals surface area contributed by atoms with Gasteiger partial charge in [0, 0.05) is 11.3 Å². The minimum Gasteiger partial charge on any atom is -0.466 e. The molecule has 0 saturated carbocycles. The third-order valence-electron chi connectivity index (χ3n) is 3.73. The average molecular weight is 338 g/mol. The zero-order valence-corrected chi connectivity index (χ0v) is 14.3. The van der Waals surface area contributed by atoms with Gasteiger partial charge < -0.3 is 4.74 Å². The van der Waals surface area contributed by atoms with Gasteiger partial charge in [-0.25, -0.2) is 0 Å². The van der Waals surface area contributed by atoms with Crippen LogP contribution in [0.15, 0.2) is 6.07 Å². The van der Waals surface area contributed by atoms with Crippen LogP contribution in [0.25, 0.3) is 0 Å². The first-order valence-corrected chi connectivity index (χ1v) is 8.67. The second kappa shape index (κ2) is 8.10. The standard InChI is InChI=1S/C16H22N2O4S/c1-3-22-15(20)7-6-14(19)17-18-16(21)13-9-11-8-10(2)4-5-12(11)23-13/h9-10H,3-8H2,1-2H3,(H,17,19)(H,18,21)/t10-/m0/s1. The van der Waals surface area contributed by atoms with E-state index in [0.717, 1.165) is 19.3 Å². The lowest BCUT2D eigenvalue weighted by molar-refractivity contribution is -0.144. The summed E-state index contributed by atoms with van der Waals surface area (Å²) in [5, 5.41) is 0. The zero-order chi connectivity index (χ0) is 16.8. The number of aryl methyl sites for hydroxylation is 1. The Morgan fingerprint density at radius 3 is 2.83 bits per heavy atom. The molecule has 1 aliphatic rings. The number of ether oxygens (including phenoxy) is 1. The van der Waals surface area contributed by atoms with Crippen LogP contribution < -0.4 is 10.9 Å². The number of rotatable bonds is 5. The maximum Gasteiger partial charge on any atom is 0.306 e. The Bertz CT molecular complexity index is 597. The van der Waals surface area contributed by atoms with Crippen molar-refractivity contribution in [1.82, 2.24) is 10.9 Å². The van der Waals surface area contributed by atoms with Gasteiger partial charge in [0.25, 0.3) is 5.91 Å². The molecule has 23 heavy (non-hydrogen) atoms. The van der Waals surface area contributed by atoms with Gasteiger partial charge in [-0.3, -0.25) is 25.2 Å². The summed E-state index contributed by atoms with van der Waals surface area (Å²) in [6.07, 6.45) is 3.16. The number of thiophene rings is 1. The third-order valence-corrected chi connectivity index (χ3v) is 4.97. The van der Waals surface area contributed by atoms with E-state index in [1.54, 1.807) is 6.92 Å². The first-order chi connectivity index (χ1) is 11.0. The molecule has 0 fully saturated rings. The molecule has 2 amide bonds. The van der Waals surface area contributed by atoms with E-state index >= 15 is 0 Å². The number of esters is 1. The number of hydrazine groups is 1. The van der Waals surface area contributed by atoms with Crippen molar-refractivity contribution in [1.29, 1.82) is 0 Å². The number of hydrogen-bond acceptors (Lipinski definition) is 5. The SMILES string of the molecule is CCOC(=O)CCC(=O)NNC(=O)c1cc2c(s1)CC[C@H](C)C2. The predicted molar refractivity (Wildman–Crippen MR) is 87.0 cm³/mol. The molecule has 1 atom stereocenters. The lowest BCUT2D eigenvalue weighted by Crippen LogP contribution is -2.41. The van der Waals surface area contributed by atoms with Crippen LogP contribution in [0, 0.1) is 5.92 Å². The van der Waals surface area contributed by atoms with Crippen LogP contribution in [0.5, 0.6) is 0 Å². The molecular weight excluding hydrogens is 316 g/mol. The normalized spacial score (nSPS) is 16.3. The highest BCUT2D eigenvalue weighted by Gasteiger charge is 2.20. The fourth-order valence-corrected chi connectivity index (χ4v) is 3.62. The molecule has 1 aromatic heterocycles. The van der Waals surface area contributed by atoms with Crippen LogP contribution in [0.4, 0.5) is 0 Å². The van der Waals surface area contributed by atoms with E-state index < -0.39 is 11.9 Å². The summed E-state index contributed by atoms with van der Waals surface area (Å²) in [5.41, 5.74) is 5.97. The summed E-state index contributed by atoms with van der Waals surface area (Å²) in [6, 6.07) is 1.91. The Hall–Kier alpha value is -1.89. The molecule has 1 aromatic rings. The number of amides is 2. The van der Waals surface area contributed by atoms with Gasteiger partial charge >= 0.3 is 5.97 Å².